The van der Waals surface area contributed by atoms with E-state index < -0.39 is 4.92 Å². The Hall–Kier alpha value is -2.02. The summed E-state index contributed by atoms with van der Waals surface area (Å²) >= 11 is 0. The molecule has 2 N–H and O–H groups in total. The van der Waals surface area contributed by atoms with E-state index in [1.165, 1.54) is 20.3 Å². The summed E-state index contributed by atoms with van der Waals surface area (Å²) in [5, 5.41) is 11.1. The molecule has 19 heavy (non-hydrogen) atoms. The third-order valence-corrected chi connectivity index (χ3v) is 2.79. The summed E-state index contributed by atoms with van der Waals surface area (Å²) in [5.41, 5.74) is 5.92. The van der Waals surface area contributed by atoms with Gasteiger partial charge in [0.25, 0.3) is 5.69 Å². The first kappa shape index (κ1) is 15.0. The monoisotopic (exact) mass is 269 g/mol. The van der Waals surface area contributed by atoms with Gasteiger partial charge in [0.05, 0.1) is 25.2 Å². The lowest BCUT2D eigenvalue weighted by molar-refractivity contribution is -0.384. The second-order valence-electron chi connectivity index (χ2n) is 4.02. The van der Waals surface area contributed by atoms with E-state index in [9.17, 15) is 10.1 Å². The van der Waals surface area contributed by atoms with Gasteiger partial charge in [-0.2, -0.15) is 0 Å². The van der Waals surface area contributed by atoms with Crippen molar-refractivity contribution >= 4 is 11.4 Å². The number of nitro benzene ring substituents is 1. The third kappa shape index (κ3) is 3.47. The third-order valence-electron chi connectivity index (χ3n) is 2.79. The minimum atomic E-state index is -0.434. The van der Waals surface area contributed by atoms with Gasteiger partial charge in [-0.1, -0.05) is 0 Å². The van der Waals surface area contributed by atoms with Crippen LogP contribution < -0.4 is 20.1 Å². The van der Waals surface area contributed by atoms with E-state index in [0.717, 1.165) is 6.42 Å². The average molecular weight is 269 g/mol. The fourth-order valence-electron chi connectivity index (χ4n) is 1.76. The molecule has 0 aliphatic heterocycles. The van der Waals surface area contributed by atoms with E-state index in [2.05, 4.69) is 0 Å². The van der Waals surface area contributed by atoms with Crippen molar-refractivity contribution in [3.63, 3.8) is 0 Å². The van der Waals surface area contributed by atoms with Gasteiger partial charge < -0.3 is 20.1 Å². The molecule has 1 aromatic rings. The molecule has 0 fully saturated rings. The molecular weight excluding hydrogens is 250 g/mol. The van der Waals surface area contributed by atoms with Gasteiger partial charge in [-0.15, -0.1) is 0 Å². The first-order chi connectivity index (χ1) is 9.04. The lowest BCUT2D eigenvalue weighted by atomic mass is 10.2. The van der Waals surface area contributed by atoms with Gasteiger partial charge in [0, 0.05) is 19.7 Å². The predicted molar refractivity (Wildman–Crippen MR) is 73.1 cm³/mol. The highest BCUT2D eigenvalue weighted by molar-refractivity contribution is 5.69. The Balaban J connectivity index is 3.23. The SMILES string of the molecule is COc1cc(N(C)CCCN)c([N+](=O)[O-])cc1OC. The quantitative estimate of drug-likeness (QED) is 0.594. The number of methoxy groups -OCH3 is 2. The summed E-state index contributed by atoms with van der Waals surface area (Å²) in [7, 11) is 4.72. The number of anilines is 1. The van der Waals surface area contributed by atoms with Crippen molar-refractivity contribution in [1.82, 2.24) is 0 Å². The average Bonchev–Trinajstić information content (AvgIpc) is 2.42. The summed E-state index contributed by atoms with van der Waals surface area (Å²) in [6.45, 7) is 1.16. The number of nitrogens with zero attached hydrogens (tertiary/aromatic N) is 2. The minimum absolute atomic E-state index is 0.0165. The van der Waals surface area contributed by atoms with Crippen molar-refractivity contribution in [3.8, 4) is 11.5 Å². The molecule has 0 aromatic heterocycles. The Morgan fingerprint density at radius 3 is 2.37 bits per heavy atom. The van der Waals surface area contributed by atoms with Crippen molar-refractivity contribution in [1.29, 1.82) is 0 Å². The second-order valence-corrected chi connectivity index (χ2v) is 4.02. The maximum Gasteiger partial charge on any atom is 0.296 e. The van der Waals surface area contributed by atoms with Gasteiger partial charge in [-0.25, -0.2) is 0 Å². The van der Waals surface area contributed by atoms with E-state index in [4.69, 9.17) is 15.2 Å². The summed E-state index contributed by atoms with van der Waals surface area (Å²) in [6, 6.07) is 2.97. The summed E-state index contributed by atoms with van der Waals surface area (Å²) in [4.78, 5) is 12.5. The largest absolute Gasteiger partial charge is 0.493 e. The van der Waals surface area contributed by atoms with E-state index in [-0.39, 0.29) is 5.69 Å². The number of nitrogens with two attached hydrogens (primary N) is 1. The van der Waals surface area contributed by atoms with E-state index in [1.807, 2.05) is 0 Å². The van der Waals surface area contributed by atoms with Gasteiger partial charge >= 0.3 is 0 Å². The van der Waals surface area contributed by atoms with E-state index in [1.54, 1.807) is 18.0 Å². The van der Waals surface area contributed by atoms with Crippen LogP contribution in [0.3, 0.4) is 0 Å². The summed E-state index contributed by atoms with van der Waals surface area (Å²) in [5.74, 6) is 0.799. The van der Waals surface area contributed by atoms with Crippen LogP contribution in [0.5, 0.6) is 11.5 Å². The fraction of sp³-hybridized carbons (Fsp3) is 0.500. The van der Waals surface area contributed by atoms with Crippen LogP contribution in [0.4, 0.5) is 11.4 Å². The molecule has 1 rings (SSSR count). The van der Waals surface area contributed by atoms with Crippen molar-refractivity contribution in [2.45, 2.75) is 6.42 Å². The molecule has 1 aromatic carbocycles. The first-order valence-electron chi connectivity index (χ1n) is 5.86. The molecule has 0 amide bonds. The lowest BCUT2D eigenvalue weighted by Crippen LogP contribution is -2.22. The Morgan fingerprint density at radius 2 is 1.89 bits per heavy atom. The maximum atomic E-state index is 11.1. The highest BCUT2D eigenvalue weighted by Crippen LogP contribution is 2.39. The van der Waals surface area contributed by atoms with Crippen LogP contribution in [0.2, 0.25) is 0 Å². The van der Waals surface area contributed by atoms with Gasteiger partial charge in [0.15, 0.2) is 11.5 Å². The molecule has 0 radical (unpaired) electrons. The molecule has 0 saturated heterocycles. The van der Waals surface area contributed by atoms with E-state index in [0.29, 0.717) is 30.3 Å². The van der Waals surface area contributed by atoms with E-state index >= 15 is 0 Å². The van der Waals surface area contributed by atoms with Crippen LogP contribution in [0.1, 0.15) is 6.42 Å². The Kier molecular flexibility index (Phi) is 5.37. The number of rotatable bonds is 7. The Labute approximate surface area is 112 Å². The topological polar surface area (TPSA) is 90.9 Å². The number of benzene rings is 1. The maximum absolute atomic E-state index is 11.1. The van der Waals surface area contributed by atoms with Gasteiger partial charge in [0.1, 0.15) is 5.69 Å². The van der Waals surface area contributed by atoms with Crippen molar-refractivity contribution in [3.05, 3.63) is 22.2 Å². The van der Waals surface area contributed by atoms with Crippen LogP contribution in [0.25, 0.3) is 0 Å². The molecular formula is C12H19N3O4. The second kappa shape index (κ2) is 6.79. The van der Waals surface area contributed by atoms with Crippen LogP contribution in [-0.2, 0) is 0 Å². The molecule has 0 heterocycles. The van der Waals surface area contributed by atoms with Crippen LogP contribution in [0, 0.1) is 10.1 Å². The van der Waals surface area contributed by atoms with Gasteiger partial charge in [-0.3, -0.25) is 10.1 Å². The van der Waals surface area contributed by atoms with Crippen LogP contribution >= 0.6 is 0 Å². The number of hydrogen-bond donors (Lipinski definition) is 1. The zero-order valence-electron chi connectivity index (χ0n) is 11.4. The zero-order valence-corrected chi connectivity index (χ0v) is 11.4. The zero-order chi connectivity index (χ0) is 14.4. The molecule has 0 spiro atoms. The first-order valence-corrected chi connectivity index (χ1v) is 5.86. The molecule has 0 unspecified atom stereocenters. The molecule has 0 aliphatic carbocycles. The Bertz CT molecular complexity index is 451. The lowest BCUT2D eigenvalue weighted by Gasteiger charge is -2.20. The van der Waals surface area contributed by atoms with Crippen molar-refractivity contribution < 1.29 is 14.4 Å². The van der Waals surface area contributed by atoms with Crippen LogP contribution in [0.15, 0.2) is 12.1 Å². The minimum Gasteiger partial charge on any atom is -0.493 e. The summed E-state index contributed by atoms with van der Waals surface area (Å²) in [6.07, 6.45) is 0.752. The normalized spacial score (nSPS) is 10.1. The molecule has 7 nitrogen and oxygen atoms in total. The van der Waals surface area contributed by atoms with Gasteiger partial charge in [-0.05, 0) is 13.0 Å². The smallest absolute Gasteiger partial charge is 0.296 e. The van der Waals surface area contributed by atoms with Crippen molar-refractivity contribution in [2.24, 2.45) is 5.73 Å². The highest BCUT2D eigenvalue weighted by atomic mass is 16.6. The van der Waals surface area contributed by atoms with Crippen LogP contribution in [-0.4, -0.2) is 39.3 Å². The molecule has 0 bridgehead atoms. The van der Waals surface area contributed by atoms with Gasteiger partial charge in [0.2, 0.25) is 0 Å². The number of hydrogen-bond acceptors (Lipinski definition) is 6. The van der Waals surface area contributed by atoms with Crippen molar-refractivity contribution in [2.75, 3.05) is 39.3 Å². The predicted octanol–water partition coefficient (Wildman–Crippen LogP) is 1.40. The Morgan fingerprint density at radius 1 is 1.32 bits per heavy atom. The molecule has 0 saturated carbocycles. The molecule has 0 aliphatic rings. The fourth-order valence-corrected chi connectivity index (χ4v) is 1.76. The number of ether oxygens (including phenoxy) is 2. The summed E-state index contributed by atoms with van der Waals surface area (Å²) < 4.78 is 10.2. The molecule has 7 heteroatoms. The molecule has 106 valence electrons. The molecule has 0 atom stereocenters. The standard InChI is InChI=1S/C12H19N3O4/c1-14(6-4-5-13)9-7-11(18-2)12(19-3)8-10(9)15(16)17/h7-8H,4-6,13H2,1-3H3. The highest BCUT2D eigenvalue weighted by Gasteiger charge is 2.21. The number of nitro groups is 1.